The Morgan fingerprint density at radius 1 is 1.41 bits per heavy atom. The predicted octanol–water partition coefficient (Wildman–Crippen LogP) is 0.139. The molecule has 1 aromatic heterocycles. The Bertz CT molecular complexity index is 812. The van der Waals surface area contributed by atoms with Crippen molar-refractivity contribution in [3.63, 3.8) is 0 Å². The van der Waals surface area contributed by atoms with Gasteiger partial charge in [0.25, 0.3) is 0 Å². The maximum atomic E-state index is 12.9. The molecule has 3 unspecified atom stereocenters. The third kappa shape index (κ3) is 4.04. The summed E-state index contributed by atoms with van der Waals surface area (Å²) in [5, 5.41) is 0. The standard InChI is InChI=1S/C18H26N4O4S/c1-12(2)8-14(19)18(24)21-7-5-15-17(21)16(23)10-22(15)27(25,26)11-13-4-3-6-20-9-13/h3-4,6,9,12,14-15,17H,5,7-8,10-11,19H2,1-2H3. The molecular formula is C18H26N4O4S. The van der Waals surface area contributed by atoms with Crippen LogP contribution in [0.2, 0.25) is 0 Å². The molecule has 148 valence electrons. The van der Waals surface area contributed by atoms with Crippen molar-refractivity contribution in [1.29, 1.82) is 0 Å². The maximum absolute atomic E-state index is 12.9. The van der Waals surface area contributed by atoms with Crippen LogP contribution in [0.15, 0.2) is 24.5 Å². The fourth-order valence-electron chi connectivity index (χ4n) is 3.98. The predicted molar refractivity (Wildman–Crippen MR) is 99.9 cm³/mol. The summed E-state index contributed by atoms with van der Waals surface area (Å²) in [5.41, 5.74) is 6.58. The Kier molecular flexibility index (Phi) is 5.64. The average molecular weight is 394 g/mol. The summed E-state index contributed by atoms with van der Waals surface area (Å²) in [6, 6.07) is 1.47. The first-order valence-electron chi connectivity index (χ1n) is 9.18. The van der Waals surface area contributed by atoms with E-state index in [2.05, 4.69) is 4.98 Å². The van der Waals surface area contributed by atoms with Crippen molar-refractivity contribution in [2.75, 3.05) is 13.1 Å². The molecule has 9 heteroatoms. The Hall–Kier alpha value is -1.84. The molecular weight excluding hydrogens is 368 g/mol. The van der Waals surface area contributed by atoms with Gasteiger partial charge in [-0.05, 0) is 30.4 Å². The lowest BCUT2D eigenvalue weighted by molar-refractivity contribution is -0.137. The van der Waals surface area contributed by atoms with Crippen LogP contribution in [0.4, 0.5) is 0 Å². The highest BCUT2D eigenvalue weighted by atomic mass is 32.2. The lowest BCUT2D eigenvalue weighted by Crippen LogP contribution is -2.50. The van der Waals surface area contributed by atoms with E-state index in [9.17, 15) is 18.0 Å². The van der Waals surface area contributed by atoms with Gasteiger partial charge in [-0.1, -0.05) is 19.9 Å². The van der Waals surface area contributed by atoms with Crippen LogP contribution in [0, 0.1) is 5.92 Å². The normalized spacial score (nSPS) is 24.4. The van der Waals surface area contributed by atoms with Gasteiger partial charge in [0.2, 0.25) is 15.9 Å². The average Bonchev–Trinajstić information content (AvgIpc) is 3.16. The number of hydrogen-bond acceptors (Lipinski definition) is 6. The van der Waals surface area contributed by atoms with E-state index in [1.165, 1.54) is 15.4 Å². The first-order chi connectivity index (χ1) is 12.7. The zero-order valence-electron chi connectivity index (χ0n) is 15.6. The molecule has 0 bridgehead atoms. The zero-order valence-corrected chi connectivity index (χ0v) is 16.4. The van der Waals surface area contributed by atoms with Crippen LogP contribution in [0.5, 0.6) is 0 Å². The number of carbonyl (C=O) groups excluding carboxylic acids is 2. The van der Waals surface area contributed by atoms with E-state index >= 15 is 0 Å². The number of hydrogen-bond donors (Lipinski definition) is 1. The molecule has 2 aliphatic heterocycles. The van der Waals surface area contributed by atoms with Gasteiger partial charge in [-0.25, -0.2) is 8.42 Å². The molecule has 1 amide bonds. The summed E-state index contributed by atoms with van der Waals surface area (Å²) in [6.07, 6.45) is 4.06. The molecule has 3 rings (SSSR count). The van der Waals surface area contributed by atoms with Gasteiger partial charge >= 0.3 is 0 Å². The molecule has 0 radical (unpaired) electrons. The van der Waals surface area contributed by atoms with E-state index in [4.69, 9.17) is 5.73 Å². The van der Waals surface area contributed by atoms with Gasteiger partial charge in [0.15, 0.2) is 5.78 Å². The molecule has 1 aromatic rings. The first-order valence-corrected chi connectivity index (χ1v) is 10.8. The molecule has 2 N–H and O–H groups in total. The van der Waals surface area contributed by atoms with Crippen molar-refractivity contribution in [2.24, 2.45) is 11.7 Å². The first kappa shape index (κ1) is 19.9. The lowest BCUT2D eigenvalue weighted by atomic mass is 10.0. The van der Waals surface area contributed by atoms with Gasteiger partial charge in [0.05, 0.1) is 24.4 Å². The van der Waals surface area contributed by atoms with E-state index in [0.29, 0.717) is 24.9 Å². The minimum Gasteiger partial charge on any atom is -0.330 e. The number of nitrogens with two attached hydrogens (primary N) is 1. The van der Waals surface area contributed by atoms with Crippen molar-refractivity contribution in [3.05, 3.63) is 30.1 Å². The van der Waals surface area contributed by atoms with Gasteiger partial charge in [0, 0.05) is 18.9 Å². The van der Waals surface area contributed by atoms with Crippen LogP contribution in [0.1, 0.15) is 32.3 Å². The molecule has 2 fully saturated rings. The van der Waals surface area contributed by atoms with Crippen molar-refractivity contribution >= 4 is 21.7 Å². The van der Waals surface area contributed by atoms with Gasteiger partial charge in [-0.3, -0.25) is 14.6 Å². The summed E-state index contributed by atoms with van der Waals surface area (Å²) in [6.45, 7) is 4.12. The van der Waals surface area contributed by atoms with Crippen LogP contribution in [0.25, 0.3) is 0 Å². The number of fused-ring (bicyclic) bond motifs is 1. The number of aromatic nitrogens is 1. The number of rotatable bonds is 6. The molecule has 0 saturated carbocycles. The van der Waals surface area contributed by atoms with Crippen LogP contribution in [0.3, 0.4) is 0 Å². The Morgan fingerprint density at radius 2 is 2.15 bits per heavy atom. The highest BCUT2D eigenvalue weighted by molar-refractivity contribution is 7.88. The molecule has 2 aliphatic rings. The Morgan fingerprint density at radius 3 is 2.78 bits per heavy atom. The fraction of sp³-hybridized carbons (Fsp3) is 0.611. The monoisotopic (exact) mass is 394 g/mol. The number of nitrogens with zero attached hydrogens (tertiary/aromatic N) is 3. The number of pyridine rings is 1. The summed E-state index contributed by atoms with van der Waals surface area (Å²) < 4.78 is 27.0. The van der Waals surface area contributed by atoms with Crippen LogP contribution < -0.4 is 5.73 Å². The van der Waals surface area contributed by atoms with E-state index < -0.39 is 28.1 Å². The Labute approximate surface area is 159 Å². The highest BCUT2D eigenvalue weighted by Gasteiger charge is 2.53. The van der Waals surface area contributed by atoms with Crippen molar-refractivity contribution < 1.29 is 18.0 Å². The second kappa shape index (κ2) is 7.65. The van der Waals surface area contributed by atoms with Gasteiger partial charge in [0.1, 0.15) is 6.04 Å². The quantitative estimate of drug-likeness (QED) is 0.734. The molecule has 2 saturated heterocycles. The largest absolute Gasteiger partial charge is 0.330 e. The van der Waals surface area contributed by atoms with E-state index in [0.717, 1.165) is 0 Å². The second-order valence-electron chi connectivity index (χ2n) is 7.70. The van der Waals surface area contributed by atoms with Crippen molar-refractivity contribution in [1.82, 2.24) is 14.2 Å². The maximum Gasteiger partial charge on any atom is 0.240 e. The summed E-state index contributed by atoms with van der Waals surface area (Å²) in [4.78, 5) is 30.7. The topological polar surface area (TPSA) is 114 Å². The van der Waals surface area contributed by atoms with Crippen molar-refractivity contribution in [2.45, 2.75) is 50.6 Å². The van der Waals surface area contributed by atoms with Gasteiger partial charge < -0.3 is 10.6 Å². The molecule has 3 heterocycles. The SMILES string of the molecule is CC(C)CC(N)C(=O)N1CCC2C1C(=O)CN2S(=O)(=O)Cc1cccnc1. The molecule has 3 atom stereocenters. The van der Waals surface area contributed by atoms with E-state index in [-0.39, 0.29) is 29.9 Å². The summed E-state index contributed by atoms with van der Waals surface area (Å²) in [7, 11) is -3.69. The molecule has 0 spiro atoms. The summed E-state index contributed by atoms with van der Waals surface area (Å²) in [5.74, 6) is -0.454. The third-order valence-electron chi connectivity index (χ3n) is 5.13. The number of likely N-dealkylation sites (tertiary alicyclic amines) is 1. The zero-order chi connectivity index (χ0) is 19.8. The van der Waals surface area contributed by atoms with Crippen molar-refractivity contribution in [3.8, 4) is 0 Å². The lowest BCUT2D eigenvalue weighted by Gasteiger charge is -2.26. The Balaban J connectivity index is 1.76. The number of Topliss-reactive ketones (excluding diaryl/α,β-unsaturated/α-hetero) is 1. The van der Waals surface area contributed by atoms with Gasteiger partial charge in [-0.2, -0.15) is 4.31 Å². The number of carbonyl (C=O) groups is 2. The molecule has 8 nitrogen and oxygen atoms in total. The summed E-state index contributed by atoms with van der Waals surface area (Å²) >= 11 is 0. The minimum absolute atomic E-state index is 0.193. The van der Waals surface area contributed by atoms with Gasteiger partial charge in [-0.15, -0.1) is 0 Å². The minimum atomic E-state index is -3.69. The van der Waals surface area contributed by atoms with Crippen LogP contribution in [-0.4, -0.2) is 65.5 Å². The number of amides is 1. The molecule has 0 aliphatic carbocycles. The molecule has 0 aromatic carbocycles. The third-order valence-corrected chi connectivity index (χ3v) is 6.94. The number of ketones is 1. The second-order valence-corrected chi connectivity index (χ2v) is 9.62. The van der Waals surface area contributed by atoms with E-state index in [1.807, 2.05) is 13.8 Å². The molecule has 27 heavy (non-hydrogen) atoms. The fourth-order valence-corrected chi connectivity index (χ4v) is 5.70. The number of sulfonamides is 1. The van der Waals surface area contributed by atoms with Crippen LogP contribution >= 0.6 is 0 Å². The smallest absolute Gasteiger partial charge is 0.240 e. The van der Waals surface area contributed by atoms with Crippen LogP contribution in [-0.2, 0) is 25.4 Å². The van der Waals surface area contributed by atoms with E-state index in [1.54, 1.807) is 18.3 Å². The highest BCUT2D eigenvalue weighted by Crippen LogP contribution is 2.33.